The maximum Gasteiger partial charge on any atom is 0.261 e. The number of ether oxygens (including phenoxy) is 1. The van der Waals surface area contributed by atoms with Crippen molar-refractivity contribution in [3.8, 4) is 5.75 Å². The Kier molecular flexibility index (Phi) is 5.92. The van der Waals surface area contributed by atoms with Gasteiger partial charge in [0.25, 0.3) is 15.9 Å². The van der Waals surface area contributed by atoms with Crippen LogP contribution >= 0.6 is 11.6 Å². The summed E-state index contributed by atoms with van der Waals surface area (Å²) < 4.78 is 33.2. The van der Waals surface area contributed by atoms with Crippen LogP contribution in [0.2, 0.25) is 5.02 Å². The van der Waals surface area contributed by atoms with E-state index in [1.807, 2.05) is 0 Å². The Morgan fingerprint density at radius 1 is 1.15 bits per heavy atom. The van der Waals surface area contributed by atoms with Crippen LogP contribution in [0.4, 0.5) is 5.69 Å². The standard InChI is InChI=1S/C19H21ClN2O4S/c1-14-12-17(27(24,25)21-16-6-4-15(20)5-7-16)8-9-18(14)26-13-19(23)22-10-2-3-11-22/h4-9,12,21H,2-3,10-11,13H2,1H3. The van der Waals surface area contributed by atoms with E-state index in [2.05, 4.69) is 4.72 Å². The summed E-state index contributed by atoms with van der Waals surface area (Å²) in [6, 6.07) is 11.0. The Morgan fingerprint density at radius 2 is 1.81 bits per heavy atom. The van der Waals surface area contributed by atoms with Gasteiger partial charge >= 0.3 is 0 Å². The Labute approximate surface area is 164 Å². The smallest absolute Gasteiger partial charge is 0.261 e. The summed E-state index contributed by atoms with van der Waals surface area (Å²) in [6.45, 7) is 3.25. The van der Waals surface area contributed by atoms with Crippen molar-refractivity contribution < 1.29 is 17.9 Å². The van der Waals surface area contributed by atoms with Crippen molar-refractivity contribution in [2.75, 3.05) is 24.4 Å². The minimum Gasteiger partial charge on any atom is -0.483 e. The van der Waals surface area contributed by atoms with Crippen molar-refractivity contribution in [2.24, 2.45) is 0 Å². The minimum absolute atomic E-state index is 0.0457. The molecule has 6 nitrogen and oxygen atoms in total. The van der Waals surface area contributed by atoms with E-state index in [1.165, 1.54) is 12.1 Å². The number of anilines is 1. The summed E-state index contributed by atoms with van der Waals surface area (Å²) in [5.41, 5.74) is 1.07. The van der Waals surface area contributed by atoms with Crippen LogP contribution in [0.1, 0.15) is 18.4 Å². The Hall–Kier alpha value is -2.25. The number of likely N-dealkylation sites (tertiary alicyclic amines) is 1. The van der Waals surface area contributed by atoms with Gasteiger partial charge < -0.3 is 9.64 Å². The van der Waals surface area contributed by atoms with Gasteiger partial charge in [-0.25, -0.2) is 8.42 Å². The summed E-state index contributed by atoms with van der Waals surface area (Å²) in [4.78, 5) is 14.0. The van der Waals surface area contributed by atoms with E-state index in [0.717, 1.165) is 25.9 Å². The first-order chi connectivity index (χ1) is 12.8. The van der Waals surface area contributed by atoms with Crippen LogP contribution in [0.15, 0.2) is 47.4 Å². The van der Waals surface area contributed by atoms with Gasteiger partial charge in [0.05, 0.1) is 4.90 Å². The molecule has 0 aromatic heterocycles. The number of amides is 1. The van der Waals surface area contributed by atoms with Crippen LogP contribution in [-0.4, -0.2) is 38.9 Å². The lowest BCUT2D eigenvalue weighted by Crippen LogP contribution is -2.32. The van der Waals surface area contributed by atoms with Crippen molar-refractivity contribution in [1.29, 1.82) is 0 Å². The molecule has 144 valence electrons. The first kappa shape index (κ1) is 19.5. The maximum atomic E-state index is 12.5. The zero-order chi connectivity index (χ0) is 19.4. The van der Waals surface area contributed by atoms with Crippen molar-refractivity contribution in [3.63, 3.8) is 0 Å². The third-order valence-corrected chi connectivity index (χ3v) is 5.99. The van der Waals surface area contributed by atoms with Gasteiger partial charge in [0, 0.05) is 23.8 Å². The summed E-state index contributed by atoms with van der Waals surface area (Å²) in [5.74, 6) is 0.445. The van der Waals surface area contributed by atoms with Gasteiger partial charge in [0.15, 0.2) is 6.61 Å². The van der Waals surface area contributed by atoms with E-state index in [1.54, 1.807) is 42.2 Å². The van der Waals surface area contributed by atoms with Crippen molar-refractivity contribution in [3.05, 3.63) is 53.1 Å². The fraction of sp³-hybridized carbons (Fsp3) is 0.316. The number of carbonyl (C=O) groups is 1. The molecule has 1 aliphatic heterocycles. The van der Waals surface area contributed by atoms with E-state index < -0.39 is 10.0 Å². The highest BCUT2D eigenvalue weighted by Gasteiger charge is 2.19. The van der Waals surface area contributed by atoms with Gasteiger partial charge in [-0.1, -0.05) is 11.6 Å². The Bertz CT molecular complexity index is 923. The summed E-state index contributed by atoms with van der Waals surface area (Å²) in [6.07, 6.45) is 2.05. The van der Waals surface area contributed by atoms with E-state index >= 15 is 0 Å². The first-order valence-corrected chi connectivity index (χ1v) is 10.5. The van der Waals surface area contributed by atoms with Crippen LogP contribution in [0, 0.1) is 6.92 Å². The summed E-state index contributed by atoms with van der Waals surface area (Å²) in [7, 11) is -3.73. The average molecular weight is 409 g/mol. The molecule has 1 saturated heterocycles. The molecule has 0 bridgehead atoms. The SMILES string of the molecule is Cc1cc(S(=O)(=O)Nc2ccc(Cl)cc2)ccc1OCC(=O)N1CCCC1. The van der Waals surface area contributed by atoms with Crippen LogP contribution in [0.5, 0.6) is 5.75 Å². The summed E-state index contributed by atoms with van der Waals surface area (Å²) >= 11 is 5.81. The molecule has 1 heterocycles. The molecule has 3 rings (SSSR count). The Balaban J connectivity index is 1.67. The molecule has 2 aromatic carbocycles. The molecular formula is C19H21ClN2O4S. The monoisotopic (exact) mass is 408 g/mol. The average Bonchev–Trinajstić information content (AvgIpc) is 3.17. The molecule has 0 radical (unpaired) electrons. The quantitative estimate of drug-likeness (QED) is 0.794. The third kappa shape index (κ3) is 4.93. The first-order valence-electron chi connectivity index (χ1n) is 8.65. The molecule has 1 N–H and O–H groups in total. The lowest BCUT2D eigenvalue weighted by Gasteiger charge is -2.16. The second-order valence-corrected chi connectivity index (χ2v) is 8.54. The van der Waals surface area contributed by atoms with Gasteiger partial charge in [-0.15, -0.1) is 0 Å². The normalized spacial score (nSPS) is 14.2. The number of hydrogen-bond acceptors (Lipinski definition) is 4. The number of carbonyl (C=O) groups excluding carboxylic acids is 1. The number of hydrogen-bond donors (Lipinski definition) is 1. The van der Waals surface area contributed by atoms with Gasteiger partial charge in [-0.2, -0.15) is 0 Å². The lowest BCUT2D eigenvalue weighted by atomic mass is 10.2. The predicted molar refractivity (Wildman–Crippen MR) is 105 cm³/mol. The number of nitrogens with one attached hydrogen (secondary N) is 1. The number of nitrogens with zero attached hydrogens (tertiary/aromatic N) is 1. The fourth-order valence-corrected chi connectivity index (χ4v) is 4.15. The molecule has 0 unspecified atom stereocenters. The molecule has 1 aliphatic rings. The predicted octanol–water partition coefficient (Wildman–Crippen LogP) is 3.45. The van der Waals surface area contributed by atoms with Gasteiger partial charge in [0.2, 0.25) is 0 Å². The molecule has 0 spiro atoms. The van der Waals surface area contributed by atoms with Crippen LogP contribution in [0.25, 0.3) is 0 Å². The largest absolute Gasteiger partial charge is 0.483 e. The fourth-order valence-electron chi connectivity index (χ4n) is 2.88. The number of sulfonamides is 1. The minimum atomic E-state index is -3.73. The van der Waals surface area contributed by atoms with E-state index in [9.17, 15) is 13.2 Å². The van der Waals surface area contributed by atoms with Crippen molar-refractivity contribution in [2.45, 2.75) is 24.7 Å². The van der Waals surface area contributed by atoms with E-state index in [4.69, 9.17) is 16.3 Å². The zero-order valence-electron chi connectivity index (χ0n) is 14.9. The van der Waals surface area contributed by atoms with Crippen LogP contribution in [0.3, 0.4) is 0 Å². The molecule has 0 saturated carbocycles. The van der Waals surface area contributed by atoms with Crippen LogP contribution in [-0.2, 0) is 14.8 Å². The molecule has 27 heavy (non-hydrogen) atoms. The second kappa shape index (κ2) is 8.19. The Morgan fingerprint density at radius 3 is 2.44 bits per heavy atom. The highest BCUT2D eigenvalue weighted by molar-refractivity contribution is 7.92. The maximum absolute atomic E-state index is 12.5. The highest BCUT2D eigenvalue weighted by Crippen LogP contribution is 2.24. The molecule has 2 aromatic rings. The molecular weight excluding hydrogens is 388 g/mol. The molecule has 1 fully saturated rings. The number of aryl methyl sites for hydroxylation is 1. The van der Waals surface area contributed by atoms with Crippen molar-refractivity contribution in [1.82, 2.24) is 4.90 Å². The van der Waals surface area contributed by atoms with Gasteiger partial charge in [0.1, 0.15) is 5.75 Å². The highest BCUT2D eigenvalue weighted by atomic mass is 35.5. The van der Waals surface area contributed by atoms with E-state index in [-0.39, 0.29) is 17.4 Å². The number of rotatable bonds is 6. The molecule has 0 aliphatic carbocycles. The van der Waals surface area contributed by atoms with Crippen LogP contribution < -0.4 is 9.46 Å². The molecule has 0 atom stereocenters. The number of benzene rings is 2. The topological polar surface area (TPSA) is 75.7 Å². The van der Waals surface area contributed by atoms with Gasteiger partial charge in [-0.05, 0) is 67.8 Å². The molecule has 8 heteroatoms. The zero-order valence-corrected chi connectivity index (χ0v) is 16.5. The lowest BCUT2D eigenvalue weighted by molar-refractivity contribution is -0.132. The molecule has 1 amide bonds. The summed E-state index contributed by atoms with van der Waals surface area (Å²) in [5, 5.41) is 0.527. The van der Waals surface area contributed by atoms with Gasteiger partial charge in [-0.3, -0.25) is 9.52 Å². The second-order valence-electron chi connectivity index (χ2n) is 6.42. The third-order valence-electron chi connectivity index (χ3n) is 4.36. The number of halogens is 1. The van der Waals surface area contributed by atoms with E-state index in [0.29, 0.717) is 22.0 Å². The van der Waals surface area contributed by atoms with Crippen molar-refractivity contribution >= 4 is 33.2 Å².